The van der Waals surface area contributed by atoms with Gasteiger partial charge in [-0.3, -0.25) is 0 Å². The van der Waals surface area contributed by atoms with Crippen molar-refractivity contribution in [2.24, 2.45) is 5.41 Å². The van der Waals surface area contributed by atoms with Crippen LogP contribution in [0.2, 0.25) is 0 Å². The van der Waals surface area contributed by atoms with E-state index in [1.165, 1.54) is 11.1 Å². The van der Waals surface area contributed by atoms with Gasteiger partial charge in [0.15, 0.2) is 0 Å². The molecule has 0 saturated heterocycles. The summed E-state index contributed by atoms with van der Waals surface area (Å²) in [6.07, 6.45) is 4.40. The van der Waals surface area contributed by atoms with Crippen LogP contribution in [0.3, 0.4) is 0 Å². The summed E-state index contributed by atoms with van der Waals surface area (Å²) in [5.41, 5.74) is 4.29. The van der Waals surface area contributed by atoms with Crippen LogP contribution >= 0.6 is 0 Å². The lowest BCUT2D eigenvalue weighted by Crippen LogP contribution is -2.26. The fourth-order valence-electron chi connectivity index (χ4n) is 3.99. The minimum absolute atomic E-state index is 0.0717. The molecule has 0 aliphatic rings. The first-order chi connectivity index (χ1) is 15.1. The van der Waals surface area contributed by atoms with Crippen LogP contribution < -0.4 is 4.74 Å². The smallest absolute Gasteiger partial charge is 0.122 e. The number of aryl methyl sites for hydroxylation is 1. The summed E-state index contributed by atoms with van der Waals surface area (Å²) in [4.78, 5) is 0. The first kappa shape index (κ1) is 26.1. The fraction of sp³-hybridized carbons (Fsp3) is 0.500. The average Bonchev–Trinajstić information content (AvgIpc) is 2.77. The second kappa shape index (κ2) is 11.1. The lowest BCUT2D eigenvalue weighted by Gasteiger charge is -2.34. The summed E-state index contributed by atoms with van der Waals surface area (Å²) in [6.45, 7) is 12.3. The summed E-state index contributed by atoms with van der Waals surface area (Å²) in [5.74, 6) is 0.722. The molecule has 0 heterocycles. The van der Waals surface area contributed by atoms with Crippen molar-refractivity contribution >= 4 is 6.08 Å². The van der Waals surface area contributed by atoms with Crippen LogP contribution in [-0.4, -0.2) is 40.7 Å². The Morgan fingerprint density at radius 3 is 2.03 bits per heavy atom. The first-order valence-electron chi connectivity index (χ1n) is 11.6. The quantitative estimate of drug-likeness (QED) is 0.472. The number of aliphatic hydroxyl groups excluding tert-OH is 3. The zero-order valence-electron chi connectivity index (χ0n) is 20.4. The van der Waals surface area contributed by atoms with E-state index in [0.717, 1.165) is 29.7 Å². The molecule has 176 valence electrons. The van der Waals surface area contributed by atoms with E-state index < -0.39 is 12.2 Å². The number of hydrogen-bond acceptors (Lipinski definition) is 4. The van der Waals surface area contributed by atoms with Gasteiger partial charge in [-0.2, -0.15) is 0 Å². The fourth-order valence-corrected chi connectivity index (χ4v) is 3.99. The molecule has 2 rings (SSSR count). The summed E-state index contributed by atoms with van der Waals surface area (Å²) < 4.78 is 5.68. The van der Waals surface area contributed by atoms with Crippen molar-refractivity contribution in [1.29, 1.82) is 0 Å². The van der Waals surface area contributed by atoms with E-state index in [-0.39, 0.29) is 24.0 Å². The standard InChI is InChI=1S/C28H40O4/c1-7-28(8-2,23-14-15-25(20(3)17-23)32-19-24(30)18-29)22-12-9-21(10-13-22)11-16-26(31)27(4,5)6/h9-17,24,26,29-31H,7-8,18-19H2,1-6H3/t24-,26?/m0/s1. The maximum Gasteiger partial charge on any atom is 0.122 e. The minimum Gasteiger partial charge on any atom is -0.491 e. The van der Waals surface area contributed by atoms with Crippen molar-refractivity contribution in [2.45, 2.75) is 72.0 Å². The van der Waals surface area contributed by atoms with Gasteiger partial charge in [0.1, 0.15) is 18.5 Å². The Morgan fingerprint density at radius 1 is 0.938 bits per heavy atom. The SMILES string of the molecule is CCC(CC)(c1ccc(C=CC(O)C(C)(C)C)cc1)c1ccc(OC[C@@H](O)CO)c(C)c1. The molecular weight excluding hydrogens is 400 g/mol. The predicted octanol–water partition coefficient (Wildman–Crippen LogP) is 5.25. The molecule has 4 heteroatoms. The molecule has 3 N–H and O–H groups in total. The van der Waals surface area contributed by atoms with Gasteiger partial charge in [-0.1, -0.05) is 83.2 Å². The summed E-state index contributed by atoms with van der Waals surface area (Å²) >= 11 is 0. The third-order valence-corrected chi connectivity index (χ3v) is 6.40. The first-order valence-corrected chi connectivity index (χ1v) is 11.6. The van der Waals surface area contributed by atoms with Gasteiger partial charge in [0.05, 0.1) is 12.7 Å². The Morgan fingerprint density at radius 2 is 1.53 bits per heavy atom. The van der Waals surface area contributed by atoms with Crippen LogP contribution in [0.25, 0.3) is 6.08 Å². The van der Waals surface area contributed by atoms with Gasteiger partial charge in [-0.05, 0) is 53.5 Å². The van der Waals surface area contributed by atoms with Crippen LogP contribution in [0.1, 0.15) is 69.7 Å². The van der Waals surface area contributed by atoms with Gasteiger partial charge < -0.3 is 20.1 Å². The summed E-state index contributed by atoms with van der Waals surface area (Å²) in [7, 11) is 0. The molecule has 2 aromatic carbocycles. The van der Waals surface area contributed by atoms with Gasteiger partial charge in [-0.15, -0.1) is 0 Å². The number of benzene rings is 2. The highest BCUT2D eigenvalue weighted by molar-refractivity contribution is 5.53. The molecule has 0 radical (unpaired) electrons. The number of aliphatic hydroxyl groups is 3. The monoisotopic (exact) mass is 440 g/mol. The zero-order chi connectivity index (χ0) is 23.9. The van der Waals surface area contributed by atoms with Crippen LogP contribution in [0.4, 0.5) is 0 Å². The lowest BCUT2D eigenvalue weighted by molar-refractivity contribution is 0.0534. The van der Waals surface area contributed by atoms with Crippen LogP contribution in [-0.2, 0) is 5.41 Å². The maximum absolute atomic E-state index is 10.3. The third kappa shape index (κ3) is 6.22. The van der Waals surface area contributed by atoms with Gasteiger partial charge >= 0.3 is 0 Å². The Hall–Kier alpha value is -2.14. The van der Waals surface area contributed by atoms with E-state index in [0.29, 0.717) is 0 Å². The molecule has 0 aromatic heterocycles. The number of hydrogen-bond donors (Lipinski definition) is 3. The Bertz CT molecular complexity index is 873. The van der Waals surface area contributed by atoms with Crippen molar-refractivity contribution in [2.75, 3.05) is 13.2 Å². The van der Waals surface area contributed by atoms with Gasteiger partial charge in [0, 0.05) is 5.41 Å². The maximum atomic E-state index is 10.3. The number of ether oxygens (including phenoxy) is 1. The van der Waals surface area contributed by atoms with E-state index >= 15 is 0 Å². The van der Waals surface area contributed by atoms with Crippen molar-refractivity contribution < 1.29 is 20.1 Å². The molecule has 0 bridgehead atoms. The van der Waals surface area contributed by atoms with E-state index in [4.69, 9.17) is 9.84 Å². The Balaban J connectivity index is 2.30. The van der Waals surface area contributed by atoms with Gasteiger partial charge in [0.2, 0.25) is 0 Å². The minimum atomic E-state index is -0.878. The van der Waals surface area contributed by atoms with Crippen LogP contribution in [0.15, 0.2) is 48.5 Å². The molecular formula is C28H40O4. The molecule has 0 saturated carbocycles. The zero-order valence-corrected chi connectivity index (χ0v) is 20.4. The second-order valence-electron chi connectivity index (χ2n) is 9.71. The molecule has 0 aliphatic carbocycles. The van der Waals surface area contributed by atoms with E-state index in [2.05, 4.69) is 50.2 Å². The topological polar surface area (TPSA) is 69.9 Å². The summed E-state index contributed by atoms with van der Waals surface area (Å²) in [5, 5.41) is 28.8. The largest absolute Gasteiger partial charge is 0.491 e. The van der Waals surface area contributed by atoms with Crippen molar-refractivity contribution in [3.8, 4) is 5.75 Å². The Kier molecular flexibility index (Phi) is 9.08. The van der Waals surface area contributed by atoms with Gasteiger partial charge in [-0.25, -0.2) is 0 Å². The van der Waals surface area contributed by atoms with E-state index in [1.807, 2.05) is 45.9 Å². The normalized spacial score (nSPS) is 14.5. The average molecular weight is 441 g/mol. The van der Waals surface area contributed by atoms with E-state index in [9.17, 15) is 10.2 Å². The number of rotatable bonds is 10. The highest BCUT2D eigenvalue weighted by atomic mass is 16.5. The Labute approximate surface area is 193 Å². The highest BCUT2D eigenvalue weighted by Crippen LogP contribution is 2.40. The molecule has 0 spiro atoms. The van der Waals surface area contributed by atoms with Crippen molar-refractivity contribution in [3.63, 3.8) is 0 Å². The lowest BCUT2D eigenvalue weighted by atomic mass is 9.70. The van der Waals surface area contributed by atoms with Crippen LogP contribution in [0.5, 0.6) is 5.75 Å². The van der Waals surface area contributed by atoms with Crippen molar-refractivity contribution in [3.05, 3.63) is 70.8 Å². The predicted molar refractivity (Wildman–Crippen MR) is 132 cm³/mol. The molecule has 32 heavy (non-hydrogen) atoms. The molecule has 0 aliphatic heterocycles. The molecule has 0 amide bonds. The van der Waals surface area contributed by atoms with Crippen LogP contribution in [0, 0.1) is 12.3 Å². The molecule has 2 aromatic rings. The molecule has 0 fully saturated rings. The molecule has 2 atom stereocenters. The second-order valence-corrected chi connectivity index (χ2v) is 9.71. The van der Waals surface area contributed by atoms with Crippen molar-refractivity contribution in [1.82, 2.24) is 0 Å². The summed E-state index contributed by atoms with van der Waals surface area (Å²) in [6, 6.07) is 14.8. The third-order valence-electron chi connectivity index (χ3n) is 6.40. The molecule has 4 nitrogen and oxygen atoms in total. The molecule has 1 unspecified atom stereocenters. The van der Waals surface area contributed by atoms with E-state index in [1.54, 1.807) is 0 Å². The van der Waals surface area contributed by atoms with Gasteiger partial charge in [0.25, 0.3) is 0 Å². The highest BCUT2D eigenvalue weighted by Gasteiger charge is 2.31.